The maximum Gasteiger partial charge on any atom is 0.251 e. The summed E-state index contributed by atoms with van der Waals surface area (Å²) in [5, 5.41) is 6.09. The first kappa shape index (κ1) is 14.4. The molecule has 0 spiro atoms. The molecule has 1 aliphatic heterocycles. The van der Waals surface area contributed by atoms with E-state index in [1.807, 2.05) is 0 Å². The van der Waals surface area contributed by atoms with Crippen LogP contribution in [0.5, 0.6) is 0 Å². The monoisotopic (exact) mass is 244 g/mol. The van der Waals surface area contributed by atoms with Gasteiger partial charge in [0.05, 0.1) is 12.7 Å². The van der Waals surface area contributed by atoms with Crippen molar-refractivity contribution in [2.75, 3.05) is 33.4 Å². The van der Waals surface area contributed by atoms with Crippen LogP contribution in [-0.4, -0.2) is 51.0 Å². The molecule has 17 heavy (non-hydrogen) atoms. The van der Waals surface area contributed by atoms with Crippen molar-refractivity contribution in [2.24, 2.45) is 0 Å². The average molecular weight is 244 g/mol. The maximum absolute atomic E-state index is 11.6. The summed E-state index contributed by atoms with van der Waals surface area (Å²) in [7, 11) is 1.53. The molecule has 1 amide bonds. The first-order chi connectivity index (χ1) is 8.06. The number of rotatable bonds is 6. The van der Waals surface area contributed by atoms with E-state index in [0.29, 0.717) is 19.3 Å². The van der Waals surface area contributed by atoms with E-state index >= 15 is 0 Å². The Morgan fingerprint density at radius 1 is 1.41 bits per heavy atom. The van der Waals surface area contributed by atoms with Gasteiger partial charge in [-0.05, 0) is 39.8 Å². The van der Waals surface area contributed by atoms with Gasteiger partial charge in [-0.1, -0.05) is 0 Å². The van der Waals surface area contributed by atoms with Gasteiger partial charge in [-0.15, -0.1) is 0 Å². The van der Waals surface area contributed by atoms with Crippen molar-refractivity contribution in [2.45, 2.75) is 38.4 Å². The zero-order valence-corrected chi connectivity index (χ0v) is 11.0. The van der Waals surface area contributed by atoms with Crippen LogP contribution in [0.1, 0.15) is 26.7 Å². The van der Waals surface area contributed by atoms with Gasteiger partial charge in [0.1, 0.15) is 5.60 Å². The minimum absolute atomic E-state index is 0.103. The Labute approximate surface area is 103 Å². The van der Waals surface area contributed by atoms with Gasteiger partial charge in [0.15, 0.2) is 0 Å². The third-order valence-corrected chi connectivity index (χ3v) is 3.08. The number of nitrogens with one attached hydrogen (secondary N) is 2. The van der Waals surface area contributed by atoms with Gasteiger partial charge >= 0.3 is 0 Å². The van der Waals surface area contributed by atoms with E-state index in [9.17, 15) is 4.79 Å². The smallest absolute Gasteiger partial charge is 0.251 e. The van der Waals surface area contributed by atoms with Crippen LogP contribution in [0.15, 0.2) is 0 Å². The molecule has 0 saturated carbocycles. The highest BCUT2D eigenvalue weighted by Crippen LogP contribution is 2.08. The molecule has 0 aromatic heterocycles. The molecule has 1 heterocycles. The number of carbonyl (C=O) groups excluding carboxylic acids is 1. The van der Waals surface area contributed by atoms with Crippen LogP contribution < -0.4 is 10.6 Å². The zero-order chi connectivity index (χ0) is 12.7. The highest BCUT2D eigenvalue weighted by atomic mass is 16.5. The van der Waals surface area contributed by atoms with Gasteiger partial charge in [0.2, 0.25) is 0 Å². The normalized spacial score (nSPS) is 18.1. The summed E-state index contributed by atoms with van der Waals surface area (Å²) < 4.78 is 10.8. The lowest BCUT2D eigenvalue weighted by Crippen LogP contribution is -2.45. The first-order valence-corrected chi connectivity index (χ1v) is 6.22. The Kier molecular flexibility index (Phi) is 5.88. The summed E-state index contributed by atoms with van der Waals surface area (Å²) >= 11 is 0. The van der Waals surface area contributed by atoms with Gasteiger partial charge in [-0.2, -0.15) is 0 Å². The highest BCUT2D eigenvalue weighted by molar-refractivity contribution is 5.84. The minimum atomic E-state index is -0.769. The van der Waals surface area contributed by atoms with E-state index in [-0.39, 0.29) is 5.91 Å². The van der Waals surface area contributed by atoms with Crippen LogP contribution in [0, 0.1) is 0 Å². The summed E-state index contributed by atoms with van der Waals surface area (Å²) in [6.07, 6.45) is 2.44. The lowest BCUT2D eigenvalue weighted by molar-refractivity contribution is -0.139. The molecule has 100 valence electrons. The molecule has 1 saturated heterocycles. The number of amides is 1. The molecule has 0 unspecified atom stereocenters. The number of hydrogen-bond donors (Lipinski definition) is 2. The fourth-order valence-electron chi connectivity index (χ4n) is 1.66. The van der Waals surface area contributed by atoms with E-state index in [0.717, 1.165) is 25.9 Å². The van der Waals surface area contributed by atoms with E-state index in [1.54, 1.807) is 13.8 Å². The zero-order valence-electron chi connectivity index (χ0n) is 11.0. The Hall–Kier alpha value is -0.650. The van der Waals surface area contributed by atoms with Crippen molar-refractivity contribution >= 4 is 5.91 Å². The second kappa shape index (κ2) is 6.93. The first-order valence-electron chi connectivity index (χ1n) is 6.22. The van der Waals surface area contributed by atoms with Crippen molar-refractivity contribution in [3.05, 3.63) is 0 Å². The number of piperidine rings is 1. The van der Waals surface area contributed by atoms with Gasteiger partial charge < -0.3 is 20.1 Å². The van der Waals surface area contributed by atoms with Gasteiger partial charge in [0, 0.05) is 13.7 Å². The van der Waals surface area contributed by atoms with Gasteiger partial charge in [-0.25, -0.2) is 0 Å². The Morgan fingerprint density at radius 3 is 2.65 bits per heavy atom. The summed E-state index contributed by atoms with van der Waals surface area (Å²) in [5.74, 6) is -0.103. The Bertz CT molecular complexity index is 238. The second-order valence-electron chi connectivity index (χ2n) is 4.79. The van der Waals surface area contributed by atoms with Crippen molar-refractivity contribution in [3.8, 4) is 0 Å². The molecule has 0 aromatic rings. The van der Waals surface area contributed by atoms with Crippen molar-refractivity contribution < 1.29 is 14.3 Å². The number of methoxy groups -OCH3 is 1. The van der Waals surface area contributed by atoms with Crippen LogP contribution >= 0.6 is 0 Å². The minimum Gasteiger partial charge on any atom is -0.376 e. The lowest BCUT2D eigenvalue weighted by atomic mass is 10.1. The summed E-state index contributed by atoms with van der Waals surface area (Å²) in [5.41, 5.74) is -0.769. The molecule has 0 aliphatic carbocycles. The Morgan fingerprint density at radius 2 is 2.06 bits per heavy atom. The molecule has 5 nitrogen and oxygen atoms in total. The third kappa shape index (κ3) is 5.02. The second-order valence-corrected chi connectivity index (χ2v) is 4.79. The van der Waals surface area contributed by atoms with E-state index in [1.165, 1.54) is 7.11 Å². The molecule has 1 rings (SSSR count). The number of ether oxygens (including phenoxy) is 2. The molecule has 0 radical (unpaired) electrons. The largest absolute Gasteiger partial charge is 0.376 e. The van der Waals surface area contributed by atoms with Crippen LogP contribution in [0.2, 0.25) is 0 Å². The lowest BCUT2D eigenvalue weighted by Gasteiger charge is -2.24. The third-order valence-electron chi connectivity index (χ3n) is 3.08. The van der Waals surface area contributed by atoms with Gasteiger partial charge in [0.25, 0.3) is 5.91 Å². The van der Waals surface area contributed by atoms with Crippen LogP contribution in [0.4, 0.5) is 0 Å². The summed E-state index contributed by atoms with van der Waals surface area (Å²) in [6, 6.07) is 0. The molecular formula is C12H24N2O3. The summed E-state index contributed by atoms with van der Waals surface area (Å²) in [6.45, 7) is 6.64. The molecule has 1 aliphatic rings. The average Bonchev–Trinajstić information content (AvgIpc) is 2.35. The molecule has 0 aromatic carbocycles. The maximum atomic E-state index is 11.6. The van der Waals surface area contributed by atoms with Crippen LogP contribution in [0.25, 0.3) is 0 Å². The molecule has 0 bridgehead atoms. The standard InChI is InChI=1S/C12H24N2O3/c1-12(2,16-3)11(15)14-8-9-17-10-4-6-13-7-5-10/h10,13H,4-9H2,1-3H3,(H,14,15). The van der Waals surface area contributed by atoms with Gasteiger partial charge in [-0.3, -0.25) is 4.79 Å². The predicted octanol–water partition coefficient (Wildman–Crippen LogP) is 0.296. The molecule has 2 N–H and O–H groups in total. The van der Waals surface area contributed by atoms with Crippen LogP contribution in [-0.2, 0) is 14.3 Å². The van der Waals surface area contributed by atoms with Crippen molar-refractivity contribution in [1.82, 2.24) is 10.6 Å². The fourth-order valence-corrected chi connectivity index (χ4v) is 1.66. The molecular weight excluding hydrogens is 220 g/mol. The molecule has 0 atom stereocenters. The van der Waals surface area contributed by atoms with E-state index in [4.69, 9.17) is 9.47 Å². The highest BCUT2D eigenvalue weighted by Gasteiger charge is 2.26. The van der Waals surface area contributed by atoms with Crippen molar-refractivity contribution in [3.63, 3.8) is 0 Å². The Balaban J connectivity index is 2.09. The van der Waals surface area contributed by atoms with Crippen LogP contribution in [0.3, 0.4) is 0 Å². The number of carbonyl (C=O) groups is 1. The van der Waals surface area contributed by atoms with E-state index < -0.39 is 5.60 Å². The topological polar surface area (TPSA) is 59.6 Å². The number of hydrogen-bond acceptors (Lipinski definition) is 4. The van der Waals surface area contributed by atoms with E-state index in [2.05, 4.69) is 10.6 Å². The summed E-state index contributed by atoms with van der Waals surface area (Å²) in [4.78, 5) is 11.6. The molecule has 1 fully saturated rings. The molecule has 5 heteroatoms. The SMILES string of the molecule is COC(C)(C)C(=O)NCCOC1CCNCC1. The van der Waals surface area contributed by atoms with Crippen molar-refractivity contribution in [1.29, 1.82) is 0 Å². The fraction of sp³-hybridized carbons (Fsp3) is 0.917. The quantitative estimate of drug-likeness (QED) is 0.660. The predicted molar refractivity (Wildman–Crippen MR) is 65.9 cm³/mol.